The molecular formula is C21H29ClN2. The lowest BCUT2D eigenvalue weighted by Gasteiger charge is -2.21. The van der Waals surface area contributed by atoms with Gasteiger partial charge in [0.25, 0.3) is 0 Å². The van der Waals surface area contributed by atoms with Crippen LogP contribution < -0.4 is 10.6 Å². The van der Waals surface area contributed by atoms with E-state index in [1.165, 1.54) is 22.4 Å². The summed E-state index contributed by atoms with van der Waals surface area (Å²) in [6, 6.07) is 12.7. The zero-order valence-electron chi connectivity index (χ0n) is 15.2. The van der Waals surface area contributed by atoms with E-state index in [1.54, 1.807) is 0 Å². The Labute approximate surface area is 151 Å². The van der Waals surface area contributed by atoms with Crippen LogP contribution in [0.25, 0.3) is 0 Å². The second-order valence-corrected chi connectivity index (χ2v) is 6.61. The molecule has 0 saturated heterocycles. The smallest absolute Gasteiger partial charge is 0.0850 e. The molecule has 24 heavy (non-hydrogen) atoms. The first-order valence-electron chi connectivity index (χ1n) is 8.99. The SMILES string of the molecule is CCc1cccc(Cl)c1NCNc1c(CC)cccc1C(C)CC. The summed E-state index contributed by atoms with van der Waals surface area (Å²) in [5.74, 6) is 0.547. The highest BCUT2D eigenvalue weighted by Gasteiger charge is 2.12. The maximum absolute atomic E-state index is 6.36. The van der Waals surface area contributed by atoms with Crippen LogP contribution in [0.5, 0.6) is 0 Å². The number of hydrogen-bond donors (Lipinski definition) is 2. The lowest BCUT2D eigenvalue weighted by atomic mass is 9.93. The van der Waals surface area contributed by atoms with Crippen molar-refractivity contribution in [3.05, 3.63) is 58.1 Å². The predicted molar refractivity (Wildman–Crippen MR) is 107 cm³/mol. The summed E-state index contributed by atoms with van der Waals surface area (Å²) in [7, 11) is 0. The first kappa shape index (κ1) is 18.7. The third-order valence-electron chi connectivity index (χ3n) is 4.72. The van der Waals surface area contributed by atoms with Gasteiger partial charge in [-0.3, -0.25) is 0 Å². The molecule has 0 saturated carbocycles. The molecule has 1 unspecified atom stereocenters. The van der Waals surface area contributed by atoms with E-state index in [0.29, 0.717) is 12.6 Å². The van der Waals surface area contributed by atoms with E-state index in [4.69, 9.17) is 11.6 Å². The molecule has 0 radical (unpaired) electrons. The minimum atomic E-state index is 0.547. The van der Waals surface area contributed by atoms with Crippen LogP contribution in [0.2, 0.25) is 5.02 Å². The number of aryl methyl sites for hydroxylation is 2. The van der Waals surface area contributed by atoms with Crippen molar-refractivity contribution in [2.24, 2.45) is 0 Å². The molecular weight excluding hydrogens is 316 g/mol. The molecule has 0 bridgehead atoms. The van der Waals surface area contributed by atoms with Gasteiger partial charge >= 0.3 is 0 Å². The molecule has 130 valence electrons. The maximum atomic E-state index is 6.36. The van der Waals surface area contributed by atoms with Crippen molar-refractivity contribution >= 4 is 23.0 Å². The average Bonchev–Trinajstić information content (AvgIpc) is 2.62. The minimum Gasteiger partial charge on any atom is -0.367 e. The summed E-state index contributed by atoms with van der Waals surface area (Å²) in [6.07, 6.45) is 3.13. The highest BCUT2D eigenvalue weighted by Crippen LogP contribution is 2.31. The van der Waals surface area contributed by atoms with Crippen LogP contribution in [0.15, 0.2) is 36.4 Å². The van der Waals surface area contributed by atoms with Gasteiger partial charge in [-0.1, -0.05) is 69.6 Å². The monoisotopic (exact) mass is 344 g/mol. The van der Waals surface area contributed by atoms with Crippen molar-refractivity contribution in [1.82, 2.24) is 0 Å². The second-order valence-electron chi connectivity index (χ2n) is 6.20. The highest BCUT2D eigenvalue weighted by molar-refractivity contribution is 6.33. The molecule has 2 aromatic carbocycles. The van der Waals surface area contributed by atoms with Gasteiger partial charge in [0.2, 0.25) is 0 Å². The van der Waals surface area contributed by atoms with Crippen molar-refractivity contribution in [2.45, 2.75) is 52.9 Å². The van der Waals surface area contributed by atoms with E-state index < -0.39 is 0 Å². The van der Waals surface area contributed by atoms with Gasteiger partial charge in [-0.25, -0.2) is 0 Å². The zero-order valence-corrected chi connectivity index (χ0v) is 16.0. The van der Waals surface area contributed by atoms with E-state index in [-0.39, 0.29) is 0 Å². The van der Waals surface area contributed by atoms with Crippen LogP contribution >= 0.6 is 11.6 Å². The standard InChI is InChI=1S/C21H29ClN2/c1-5-15(4)18-12-8-10-16(6-2)20(18)23-14-24-21-17(7-3)11-9-13-19(21)22/h8-13,15,23-24H,5-7,14H2,1-4H3. The van der Waals surface area contributed by atoms with Crippen LogP contribution in [0.4, 0.5) is 11.4 Å². The number of para-hydroxylation sites is 2. The molecule has 0 aliphatic carbocycles. The molecule has 0 fully saturated rings. The first-order chi connectivity index (χ1) is 11.6. The van der Waals surface area contributed by atoms with E-state index in [0.717, 1.165) is 30.0 Å². The van der Waals surface area contributed by atoms with Gasteiger partial charge in [0.05, 0.1) is 17.4 Å². The Kier molecular flexibility index (Phi) is 6.99. The van der Waals surface area contributed by atoms with Gasteiger partial charge in [0.15, 0.2) is 0 Å². The molecule has 0 heterocycles. The van der Waals surface area contributed by atoms with Crippen molar-refractivity contribution in [3.63, 3.8) is 0 Å². The van der Waals surface area contributed by atoms with Gasteiger partial charge in [0.1, 0.15) is 0 Å². The predicted octanol–water partition coefficient (Wildman–Crippen LogP) is 6.46. The van der Waals surface area contributed by atoms with Crippen LogP contribution in [0, 0.1) is 0 Å². The molecule has 2 aromatic rings. The third kappa shape index (κ3) is 4.24. The van der Waals surface area contributed by atoms with Crippen molar-refractivity contribution in [3.8, 4) is 0 Å². The van der Waals surface area contributed by atoms with Crippen molar-refractivity contribution in [2.75, 3.05) is 17.3 Å². The highest BCUT2D eigenvalue weighted by atomic mass is 35.5. The Morgan fingerprint density at radius 3 is 2.08 bits per heavy atom. The Balaban J connectivity index is 2.18. The van der Waals surface area contributed by atoms with Gasteiger partial charge in [0, 0.05) is 5.69 Å². The van der Waals surface area contributed by atoms with Gasteiger partial charge in [-0.15, -0.1) is 0 Å². The summed E-state index contributed by atoms with van der Waals surface area (Å²) in [6.45, 7) is 9.55. The van der Waals surface area contributed by atoms with E-state index in [9.17, 15) is 0 Å². The molecule has 0 aromatic heterocycles. The van der Waals surface area contributed by atoms with E-state index in [2.05, 4.69) is 62.6 Å². The number of anilines is 2. The van der Waals surface area contributed by atoms with Gasteiger partial charge < -0.3 is 10.6 Å². The number of benzene rings is 2. The Morgan fingerprint density at radius 2 is 1.46 bits per heavy atom. The lowest BCUT2D eigenvalue weighted by Crippen LogP contribution is -2.16. The van der Waals surface area contributed by atoms with E-state index >= 15 is 0 Å². The largest absolute Gasteiger partial charge is 0.367 e. The summed E-state index contributed by atoms with van der Waals surface area (Å²) in [5, 5.41) is 7.86. The summed E-state index contributed by atoms with van der Waals surface area (Å²) in [4.78, 5) is 0. The molecule has 0 aliphatic heterocycles. The number of rotatable bonds is 8. The molecule has 2 rings (SSSR count). The summed E-state index contributed by atoms with van der Waals surface area (Å²) < 4.78 is 0. The van der Waals surface area contributed by atoms with Crippen molar-refractivity contribution < 1.29 is 0 Å². The fraction of sp³-hybridized carbons (Fsp3) is 0.429. The van der Waals surface area contributed by atoms with Gasteiger partial charge in [-0.05, 0) is 47.9 Å². The lowest BCUT2D eigenvalue weighted by molar-refractivity contribution is 0.733. The third-order valence-corrected chi connectivity index (χ3v) is 5.03. The molecule has 0 amide bonds. The quantitative estimate of drug-likeness (QED) is 0.537. The molecule has 3 heteroatoms. The summed E-state index contributed by atoms with van der Waals surface area (Å²) >= 11 is 6.36. The van der Waals surface area contributed by atoms with Crippen LogP contribution in [0.3, 0.4) is 0 Å². The molecule has 2 nitrogen and oxygen atoms in total. The number of hydrogen-bond acceptors (Lipinski definition) is 2. The Hall–Kier alpha value is -1.67. The zero-order chi connectivity index (χ0) is 17.5. The minimum absolute atomic E-state index is 0.547. The molecule has 1 atom stereocenters. The molecule has 0 spiro atoms. The fourth-order valence-electron chi connectivity index (χ4n) is 3.04. The van der Waals surface area contributed by atoms with E-state index in [1.807, 2.05) is 12.1 Å². The van der Waals surface area contributed by atoms with Gasteiger partial charge in [-0.2, -0.15) is 0 Å². The van der Waals surface area contributed by atoms with Crippen LogP contribution in [-0.4, -0.2) is 6.67 Å². The topological polar surface area (TPSA) is 24.1 Å². The number of nitrogens with one attached hydrogen (secondary N) is 2. The first-order valence-corrected chi connectivity index (χ1v) is 9.36. The van der Waals surface area contributed by atoms with Crippen LogP contribution in [0.1, 0.15) is 56.7 Å². The average molecular weight is 345 g/mol. The molecule has 0 aliphatic rings. The Bertz CT molecular complexity index is 667. The van der Waals surface area contributed by atoms with Crippen molar-refractivity contribution in [1.29, 1.82) is 0 Å². The number of halogens is 1. The fourth-order valence-corrected chi connectivity index (χ4v) is 3.30. The second kappa shape index (κ2) is 8.98. The maximum Gasteiger partial charge on any atom is 0.0850 e. The van der Waals surface area contributed by atoms with Crippen LogP contribution in [-0.2, 0) is 12.8 Å². The summed E-state index contributed by atoms with van der Waals surface area (Å²) in [5.41, 5.74) is 6.31. The molecule has 2 N–H and O–H groups in total. The normalized spacial score (nSPS) is 12.0. The Morgan fingerprint density at radius 1 is 0.875 bits per heavy atom.